The van der Waals surface area contributed by atoms with E-state index in [1.807, 2.05) is 6.07 Å². The van der Waals surface area contributed by atoms with E-state index < -0.39 is 0 Å². The lowest BCUT2D eigenvalue weighted by atomic mass is 9.59. The molecule has 1 saturated heterocycles. The molecule has 1 aromatic carbocycles. The summed E-state index contributed by atoms with van der Waals surface area (Å²) in [6.45, 7) is 13.4. The fraction of sp³-hybridized carbons (Fsp3) is 0.760. The van der Waals surface area contributed by atoms with E-state index in [1.54, 1.807) is 6.07 Å². The number of hydrogen-bond acceptors (Lipinski definition) is 1. The lowest BCUT2D eigenvalue weighted by Gasteiger charge is -2.46. The molecule has 0 bridgehead atoms. The Bertz CT molecular complexity index is 655. The van der Waals surface area contributed by atoms with Crippen LogP contribution in [0.15, 0.2) is 18.2 Å². The van der Waals surface area contributed by atoms with Gasteiger partial charge in [-0.05, 0) is 110 Å². The summed E-state index contributed by atoms with van der Waals surface area (Å²) in [7, 11) is 0. The van der Waals surface area contributed by atoms with Crippen LogP contribution in [0.3, 0.4) is 0 Å². The topological polar surface area (TPSA) is 3.24 Å². The Balaban J connectivity index is 0.00000225. The number of benzene rings is 1. The average molecular weight is 408 g/mol. The van der Waals surface area contributed by atoms with E-state index in [-0.39, 0.29) is 18.2 Å². The molecule has 0 N–H and O–H groups in total. The maximum absolute atomic E-state index is 14.3. The smallest absolute Gasteiger partial charge is 0.123 e. The van der Waals surface area contributed by atoms with Crippen molar-refractivity contribution < 1.29 is 4.39 Å². The molecule has 1 heterocycles. The molecule has 0 aromatic heterocycles. The summed E-state index contributed by atoms with van der Waals surface area (Å²) in [5.74, 6) is 2.04. The molecule has 3 aliphatic rings. The zero-order valence-corrected chi connectivity index (χ0v) is 19.1. The van der Waals surface area contributed by atoms with Gasteiger partial charge >= 0.3 is 0 Å². The summed E-state index contributed by atoms with van der Waals surface area (Å²) >= 11 is 0. The summed E-state index contributed by atoms with van der Waals surface area (Å²) in [6.07, 6.45) is 9.00. The molecule has 1 nitrogen and oxygen atoms in total. The van der Waals surface area contributed by atoms with Crippen molar-refractivity contribution in [2.45, 2.75) is 84.5 Å². The summed E-state index contributed by atoms with van der Waals surface area (Å²) < 4.78 is 14.3. The van der Waals surface area contributed by atoms with Crippen molar-refractivity contribution in [3.05, 3.63) is 35.1 Å². The highest BCUT2D eigenvalue weighted by atomic mass is 35.5. The van der Waals surface area contributed by atoms with Gasteiger partial charge in [-0.25, -0.2) is 4.39 Å². The lowest BCUT2D eigenvalue weighted by molar-refractivity contribution is 0.0961. The molecule has 0 atom stereocenters. The standard InChI is InChI=1S/C25H38FN.ClH/c1-24(2)14-20(15-25(3,4)17-24)23-13-21(26)7-8-22(23)19-9-11-27(12-10-19)16-18-5-6-18;/h7-8,13,18-20H,5-6,9-12,14-17H2,1-4H3;1H. The minimum atomic E-state index is -0.0545. The highest BCUT2D eigenvalue weighted by Gasteiger charge is 2.40. The highest BCUT2D eigenvalue weighted by molar-refractivity contribution is 5.85. The molecule has 1 aliphatic heterocycles. The molecule has 4 rings (SSSR count). The third kappa shape index (κ3) is 5.30. The molecule has 2 saturated carbocycles. The van der Waals surface area contributed by atoms with Crippen LogP contribution in [-0.2, 0) is 0 Å². The Labute approximate surface area is 177 Å². The fourth-order valence-corrected chi connectivity index (χ4v) is 6.43. The molecule has 3 heteroatoms. The van der Waals surface area contributed by atoms with Crippen molar-refractivity contribution in [2.24, 2.45) is 16.7 Å². The number of nitrogens with zero attached hydrogens (tertiary/aromatic N) is 1. The van der Waals surface area contributed by atoms with Gasteiger partial charge in [-0.2, -0.15) is 0 Å². The van der Waals surface area contributed by atoms with Gasteiger partial charge in [0.1, 0.15) is 5.82 Å². The molecular formula is C25H39ClFN. The van der Waals surface area contributed by atoms with Gasteiger partial charge in [0.2, 0.25) is 0 Å². The van der Waals surface area contributed by atoms with Crippen molar-refractivity contribution in [2.75, 3.05) is 19.6 Å². The first-order chi connectivity index (χ1) is 12.7. The van der Waals surface area contributed by atoms with Crippen LogP contribution in [0.5, 0.6) is 0 Å². The van der Waals surface area contributed by atoms with Crippen LogP contribution in [-0.4, -0.2) is 24.5 Å². The van der Waals surface area contributed by atoms with Gasteiger partial charge in [0.05, 0.1) is 0 Å². The van der Waals surface area contributed by atoms with E-state index in [2.05, 4.69) is 38.7 Å². The average Bonchev–Trinajstić information content (AvgIpc) is 3.37. The van der Waals surface area contributed by atoms with E-state index in [0.717, 1.165) is 5.92 Å². The van der Waals surface area contributed by atoms with Gasteiger partial charge in [0.15, 0.2) is 0 Å². The molecular weight excluding hydrogens is 369 g/mol. The summed E-state index contributed by atoms with van der Waals surface area (Å²) in [5.41, 5.74) is 3.46. The van der Waals surface area contributed by atoms with Gasteiger partial charge in [-0.1, -0.05) is 33.8 Å². The number of piperidine rings is 1. The zero-order chi connectivity index (χ0) is 19.2. The van der Waals surface area contributed by atoms with Crippen molar-refractivity contribution >= 4 is 12.4 Å². The fourth-order valence-electron chi connectivity index (χ4n) is 6.43. The molecule has 1 aromatic rings. The maximum Gasteiger partial charge on any atom is 0.123 e. The normalized spacial score (nSPS) is 26.0. The second-order valence-electron chi connectivity index (χ2n) is 11.4. The van der Waals surface area contributed by atoms with Crippen LogP contribution in [0.4, 0.5) is 4.39 Å². The number of hydrogen-bond donors (Lipinski definition) is 0. The third-order valence-corrected chi connectivity index (χ3v) is 7.28. The Morgan fingerprint density at radius 3 is 2.07 bits per heavy atom. The van der Waals surface area contributed by atoms with E-state index >= 15 is 0 Å². The van der Waals surface area contributed by atoms with Crippen molar-refractivity contribution in [1.82, 2.24) is 4.90 Å². The first-order valence-corrected chi connectivity index (χ1v) is 11.2. The van der Waals surface area contributed by atoms with Gasteiger partial charge in [-0.3, -0.25) is 0 Å². The Morgan fingerprint density at radius 2 is 1.50 bits per heavy atom. The second-order valence-corrected chi connectivity index (χ2v) is 11.4. The predicted molar refractivity (Wildman–Crippen MR) is 119 cm³/mol. The largest absolute Gasteiger partial charge is 0.303 e. The van der Waals surface area contributed by atoms with Crippen LogP contribution in [0.2, 0.25) is 0 Å². The third-order valence-electron chi connectivity index (χ3n) is 7.28. The Morgan fingerprint density at radius 1 is 0.893 bits per heavy atom. The van der Waals surface area contributed by atoms with Crippen molar-refractivity contribution in [3.8, 4) is 0 Å². The van der Waals surface area contributed by atoms with Gasteiger partial charge in [0.25, 0.3) is 0 Å². The molecule has 28 heavy (non-hydrogen) atoms. The van der Waals surface area contributed by atoms with E-state index in [1.165, 1.54) is 75.7 Å². The van der Waals surface area contributed by atoms with Crippen LogP contribution in [0, 0.1) is 22.6 Å². The molecule has 0 radical (unpaired) electrons. The molecule has 158 valence electrons. The number of likely N-dealkylation sites (tertiary alicyclic amines) is 1. The van der Waals surface area contributed by atoms with Gasteiger partial charge in [0, 0.05) is 6.54 Å². The Hall–Kier alpha value is -0.600. The SMILES string of the molecule is CC1(C)CC(c2cc(F)ccc2C2CCN(CC3CC3)CC2)CC(C)(C)C1.Cl. The summed E-state index contributed by atoms with van der Waals surface area (Å²) in [4.78, 5) is 2.67. The summed E-state index contributed by atoms with van der Waals surface area (Å²) in [6, 6.07) is 5.71. The second kappa shape index (κ2) is 8.26. The highest BCUT2D eigenvalue weighted by Crippen LogP contribution is 2.53. The van der Waals surface area contributed by atoms with Crippen LogP contribution >= 0.6 is 12.4 Å². The van der Waals surface area contributed by atoms with Gasteiger partial charge in [-0.15, -0.1) is 12.4 Å². The van der Waals surface area contributed by atoms with E-state index in [4.69, 9.17) is 0 Å². The quantitative estimate of drug-likeness (QED) is 0.511. The van der Waals surface area contributed by atoms with Crippen molar-refractivity contribution in [1.29, 1.82) is 0 Å². The minimum Gasteiger partial charge on any atom is -0.303 e. The lowest BCUT2D eigenvalue weighted by Crippen LogP contribution is -2.35. The van der Waals surface area contributed by atoms with E-state index in [0.29, 0.717) is 22.7 Å². The molecule has 0 spiro atoms. The number of halogens is 2. The van der Waals surface area contributed by atoms with Crippen molar-refractivity contribution in [3.63, 3.8) is 0 Å². The summed E-state index contributed by atoms with van der Waals surface area (Å²) in [5, 5.41) is 0. The first kappa shape index (κ1) is 22.1. The maximum atomic E-state index is 14.3. The van der Waals surface area contributed by atoms with Gasteiger partial charge < -0.3 is 4.90 Å². The van der Waals surface area contributed by atoms with Crippen LogP contribution < -0.4 is 0 Å². The first-order valence-electron chi connectivity index (χ1n) is 11.2. The molecule has 0 unspecified atom stereocenters. The molecule has 0 amide bonds. The molecule has 2 aliphatic carbocycles. The monoisotopic (exact) mass is 407 g/mol. The zero-order valence-electron chi connectivity index (χ0n) is 18.3. The molecule has 3 fully saturated rings. The van der Waals surface area contributed by atoms with Crippen LogP contribution in [0.25, 0.3) is 0 Å². The van der Waals surface area contributed by atoms with Crippen LogP contribution in [0.1, 0.15) is 95.6 Å². The Kier molecular flexibility index (Phi) is 6.52. The van der Waals surface area contributed by atoms with E-state index in [9.17, 15) is 4.39 Å². The number of rotatable bonds is 4. The minimum absolute atomic E-state index is 0. The predicted octanol–water partition coefficient (Wildman–Crippen LogP) is 7.16.